The van der Waals surface area contributed by atoms with Crippen molar-refractivity contribution in [2.24, 2.45) is 0 Å². The largest absolute Gasteiger partial charge is 0.506 e. The van der Waals surface area contributed by atoms with Gasteiger partial charge in [0, 0.05) is 16.6 Å². The van der Waals surface area contributed by atoms with Crippen molar-refractivity contribution in [1.82, 2.24) is 4.98 Å². The fourth-order valence-electron chi connectivity index (χ4n) is 2.91. The number of amides is 1. The van der Waals surface area contributed by atoms with Gasteiger partial charge in [-0.15, -0.1) is 0 Å². The Morgan fingerprint density at radius 1 is 1.22 bits per heavy atom. The maximum Gasteiger partial charge on any atom is 0.228 e. The first kappa shape index (κ1) is 18.9. The number of hydrogen-bond donors (Lipinski definition) is 3. The summed E-state index contributed by atoms with van der Waals surface area (Å²) in [6, 6.07) is 8.03. The van der Waals surface area contributed by atoms with Gasteiger partial charge in [-0.2, -0.15) is 0 Å². The van der Waals surface area contributed by atoms with Gasteiger partial charge in [0.15, 0.2) is 9.84 Å². The number of H-pyrrole nitrogens is 1. The molecule has 0 unspecified atom stereocenters. The highest BCUT2D eigenvalue weighted by Crippen LogP contribution is 2.28. The van der Waals surface area contributed by atoms with Crippen molar-refractivity contribution < 1.29 is 22.7 Å². The highest BCUT2D eigenvalue weighted by Gasteiger charge is 2.17. The fraction of sp³-hybridized carbons (Fsp3) is 0.211. The van der Waals surface area contributed by atoms with Gasteiger partial charge in [0.2, 0.25) is 5.91 Å². The standard InChI is InChI=1S/C19H19FN2O4S/c1-3-27(25,26)13-5-7-18(23)17(9-13)22-19(24)10-14-11(2)21-16-6-4-12(20)8-15(14)16/h4-9,21,23H,3,10H2,1-2H3,(H,22,24). The topological polar surface area (TPSA) is 99.3 Å². The van der Waals surface area contributed by atoms with Gasteiger partial charge in [0.25, 0.3) is 0 Å². The summed E-state index contributed by atoms with van der Waals surface area (Å²) in [5.41, 5.74) is 2.10. The summed E-state index contributed by atoms with van der Waals surface area (Å²) >= 11 is 0. The van der Waals surface area contributed by atoms with Gasteiger partial charge in [0.1, 0.15) is 11.6 Å². The Morgan fingerprint density at radius 3 is 2.67 bits per heavy atom. The van der Waals surface area contributed by atoms with Gasteiger partial charge in [-0.1, -0.05) is 6.92 Å². The molecular formula is C19H19FN2O4S. The molecule has 1 amide bonds. The molecule has 0 saturated carbocycles. The predicted octanol–water partition coefficient (Wildman–Crippen LogP) is 3.30. The molecule has 0 bridgehead atoms. The maximum atomic E-state index is 13.5. The van der Waals surface area contributed by atoms with Crippen molar-refractivity contribution in [3.63, 3.8) is 0 Å². The van der Waals surface area contributed by atoms with E-state index in [1.54, 1.807) is 13.0 Å². The average molecular weight is 390 g/mol. The van der Waals surface area contributed by atoms with Crippen molar-refractivity contribution >= 4 is 32.3 Å². The van der Waals surface area contributed by atoms with E-state index in [1.807, 2.05) is 0 Å². The number of benzene rings is 2. The zero-order valence-corrected chi connectivity index (χ0v) is 15.7. The second kappa shape index (κ2) is 7.03. The molecule has 0 radical (unpaired) electrons. The van der Waals surface area contributed by atoms with E-state index in [4.69, 9.17) is 0 Å². The lowest BCUT2D eigenvalue weighted by molar-refractivity contribution is -0.115. The number of sulfone groups is 1. The zero-order valence-electron chi connectivity index (χ0n) is 14.8. The number of aromatic amines is 1. The molecular weight excluding hydrogens is 371 g/mol. The summed E-state index contributed by atoms with van der Waals surface area (Å²) in [5.74, 6) is -1.19. The summed E-state index contributed by atoms with van der Waals surface area (Å²) < 4.78 is 37.5. The first-order chi connectivity index (χ1) is 12.7. The summed E-state index contributed by atoms with van der Waals surface area (Å²) in [6.07, 6.45) is -0.0561. The summed E-state index contributed by atoms with van der Waals surface area (Å²) in [5, 5.41) is 13.1. The van der Waals surface area contributed by atoms with Crippen LogP contribution >= 0.6 is 0 Å². The quantitative estimate of drug-likeness (QED) is 0.582. The van der Waals surface area contributed by atoms with Crippen LogP contribution in [0.15, 0.2) is 41.3 Å². The van der Waals surface area contributed by atoms with Crippen molar-refractivity contribution in [3.8, 4) is 5.75 Å². The number of halogens is 1. The number of nitrogens with one attached hydrogen (secondary N) is 2. The predicted molar refractivity (Wildman–Crippen MR) is 101 cm³/mol. The number of aromatic nitrogens is 1. The normalized spacial score (nSPS) is 11.7. The first-order valence-corrected chi connectivity index (χ1v) is 9.99. The molecule has 6 nitrogen and oxygen atoms in total. The molecule has 0 atom stereocenters. The molecule has 3 rings (SSSR count). The smallest absolute Gasteiger partial charge is 0.228 e. The summed E-state index contributed by atoms with van der Waals surface area (Å²) in [7, 11) is -3.47. The molecule has 3 N–H and O–H groups in total. The highest BCUT2D eigenvalue weighted by atomic mass is 32.2. The lowest BCUT2D eigenvalue weighted by Gasteiger charge is -2.10. The number of phenolic OH excluding ortho intramolecular Hbond substituents is 1. The van der Waals surface area contributed by atoms with Crippen LogP contribution in [0.2, 0.25) is 0 Å². The second-order valence-corrected chi connectivity index (χ2v) is 8.50. The minimum Gasteiger partial charge on any atom is -0.506 e. The highest BCUT2D eigenvalue weighted by molar-refractivity contribution is 7.91. The van der Waals surface area contributed by atoms with E-state index in [-0.39, 0.29) is 28.5 Å². The minimum atomic E-state index is -3.47. The molecule has 0 fully saturated rings. The Bertz CT molecular complexity index is 1140. The van der Waals surface area contributed by atoms with E-state index in [0.717, 1.165) is 11.2 Å². The SMILES string of the molecule is CCS(=O)(=O)c1ccc(O)c(NC(=O)Cc2c(C)[nH]c3ccc(F)cc23)c1. The first-order valence-electron chi connectivity index (χ1n) is 8.33. The van der Waals surface area contributed by atoms with E-state index in [2.05, 4.69) is 10.3 Å². The van der Waals surface area contributed by atoms with Crippen molar-refractivity contribution in [2.45, 2.75) is 25.2 Å². The summed E-state index contributed by atoms with van der Waals surface area (Å²) in [4.78, 5) is 15.6. The summed E-state index contributed by atoms with van der Waals surface area (Å²) in [6.45, 7) is 3.30. The molecule has 8 heteroatoms. The van der Waals surface area contributed by atoms with Crippen molar-refractivity contribution in [2.75, 3.05) is 11.1 Å². The molecule has 0 aliphatic rings. The van der Waals surface area contributed by atoms with Crippen LogP contribution in [-0.4, -0.2) is 30.2 Å². The minimum absolute atomic E-state index is 0.0122. The van der Waals surface area contributed by atoms with Crippen molar-refractivity contribution in [1.29, 1.82) is 0 Å². The number of fused-ring (bicyclic) bond motifs is 1. The number of anilines is 1. The Labute approximate surface area is 156 Å². The van der Waals surface area contributed by atoms with Crippen LogP contribution in [0.25, 0.3) is 10.9 Å². The molecule has 3 aromatic rings. The van der Waals surface area contributed by atoms with E-state index < -0.39 is 21.6 Å². The van der Waals surface area contributed by atoms with Crippen LogP contribution in [0.5, 0.6) is 5.75 Å². The molecule has 1 aromatic heterocycles. The third-order valence-corrected chi connectivity index (χ3v) is 6.13. The van der Waals surface area contributed by atoms with Crippen LogP contribution in [0.1, 0.15) is 18.2 Å². The van der Waals surface area contributed by atoms with Crippen molar-refractivity contribution in [3.05, 3.63) is 53.5 Å². The molecule has 1 heterocycles. The van der Waals surface area contributed by atoms with Gasteiger partial charge in [-0.3, -0.25) is 4.79 Å². The van der Waals surface area contributed by atoms with Crippen LogP contribution in [0.3, 0.4) is 0 Å². The number of carbonyl (C=O) groups excluding carboxylic acids is 1. The van der Waals surface area contributed by atoms with Crippen LogP contribution in [0, 0.1) is 12.7 Å². The number of rotatable bonds is 5. The molecule has 27 heavy (non-hydrogen) atoms. The Kier molecular flexibility index (Phi) is 4.93. The molecule has 0 aliphatic carbocycles. The van der Waals surface area contributed by atoms with Gasteiger partial charge >= 0.3 is 0 Å². The zero-order chi connectivity index (χ0) is 19.8. The third-order valence-electron chi connectivity index (χ3n) is 4.40. The molecule has 142 valence electrons. The van der Waals surface area contributed by atoms with Gasteiger partial charge < -0.3 is 15.4 Å². The third kappa shape index (κ3) is 3.80. The number of hydrogen-bond acceptors (Lipinski definition) is 4. The van der Waals surface area contributed by atoms with Crippen LogP contribution in [0.4, 0.5) is 10.1 Å². The van der Waals surface area contributed by atoms with E-state index >= 15 is 0 Å². The van der Waals surface area contributed by atoms with E-state index in [9.17, 15) is 22.7 Å². The van der Waals surface area contributed by atoms with Crippen LogP contribution < -0.4 is 5.32 Å². The molecule has 2 aromatic carbocycles. The number of phenols is 1. The number of aromatic hydroxyl groups is 1. The Morgan fingerprint density at radius 2 is 1.96 bits per heavy atom. The van der Waals surface area contributed by atoms with E-state index in [0.29, 0.717) is 10.9 Å². The molecule has 0 spiro atoms. The molecule has 0 saturated heterocycles. The average Bonchev–Trinajstić information content (AvgIpc) is 2.92. The van der Waals surface area contributed by atoms with Crippen LogP contribution in [-0.2, 0) is 21.1 Å². The monoisotopic (exact) mass is 390 g/mol. The number of aryl methyl sites for hydroxylation is 1. The lowest BCUT2D eigenvalue weighted by atomic mass is 10.1. The van der Waals surface area contributed by atoms with E-state index in [1.165, 1.54) is 37.3 Å². The fourth-order valence-corrected chi connectivity index (χ4v) is 3.82. The van der Waals surface area contributed by atoms with Gasteiger partial charge in [0.05, 0.1) is 22.8 Å². The lowest BCUT2D eigenvalue weighted by Crippen LogP contribution is -2.15. The van der Waals surface area contributed by atoms with Gasteiger partial charge in [-0.25, -0.2) is 12.8 Å². The Hall–Kier alpha value is -2.87. The number of carbonyl (C=O) groups is 1. The Balaban J connectivity index is 1.88. The molecule has 0 aliphatic heterocycles. The van der Waals surface area contributed by atoms with Gasteiger partial charge in [-0.05, 0) is 48.9 Å². The maximum absolute atomic E-state index is 13.5. The second-order valence-electron chi connectivity index (χ2n) is 6.23.